The van der Waals surface area contributed by atoms with Gasteiger partial charge in [0.15, 0.2) is 22.5 Å². The van der Waals surface area contributed by atoms with E-state index in [1.54, 1.807) is 74.3 Å². The third-order valence-electron chi connectivity index (χ3n) is 5.35. The lowest BCUT2D eigenvalue weighted by molar-refractivity contribution is -0.116. The Morgan fingerprint density at radius 3 is 2.60 bits per heavy atom. The van der Waals surface area contributed by atoms with Crippen molar-refractivity contribution in [3.8, 4) is 11.5 Å². The quantitative estimate of drug-likeness (QED) is 0.130. The summed E-state index contributed by atoms with van der Waals surface area (Å²) >= 11 is 1.19. The maximum atomic E-state index is 12.5. The largest absolute Gasteiger partial charge is 0.493 e. The number of carbonyl (C=O) groups excluding carboxylic acids is 3. The number of methoxy groups -OCH3 is 2. The van der Waals surface area contributed by atoms with Gasteiger partial charge in [0, 0.05) is 18.3 Å². The third kappa shape index (κ3) is 8.46. The van der Waals surface area contributed by atoms with Crippen molar-refractivity contribution in [3.05, 3.63) is 78.1 Å². The van der Waals surface area contributed by atoms with Crippen LogP contribution in [0, 0.1) is 0 Å². The highest BCUT2D eigenvalue weighted by molar-refractivity contribution is 7.99. The molecule has 0 spiro atoms. The lowest BCUT2D eigenvalue weighted by atomic mass is 10.2. The van der Waals surface area contributed by atoms with Crippen LogP contribution >= 0.6 is 11.8 Å². The van der Waals surface area contributed by atoms with Gasteiger partial charge in [-0.1, -0.05) is 30.0 Å². The number of aromatic nitrogens is 3. The number of anilines is 1. The molecule has 0 aliphatic rings. The maximum Gasteiger partial charge on any atom is 0.338 e. The second-order valence-corrected chi connectivity index (χ2v) is 9.04. The van der Waals surface area contributed by atoms with Crippen molar-refractivity contribution in [2.45, 2.75) is 25.2 Å². The van der Waals surface area contributed by atoms with Gasteiger partial charge in [0.2, 0.25) is 11.8 Å². The number of nitrogens with one attached hydrogen (secondary N) is 2. The Morgan fingerprint density at radius 2 is 1.88 bits per heavy atom. The van der Waals surface area contributed by atoms with Crippen LogP contribution in [0.5, 0.6) is 11.5 Å². The zero-order valence-electron chi connectivity index (χ0n) is 22.5. The standard InChI is InChI=1S/C28H31N5O6S/c1-5-14-33-24(17-29-25(34)13-11-19-10-12-22(37-3)23(15-19)38-4)31-32-28(33)40-18-26(35)30-21-9-7-8-20(16-21)27(36)39-6-2/h5,7-13,15-16H,1,6,14,17-18H2,2-4H3,(H,29,34)(H,30,35)/b13-11+. The molecular formula is C28H31N5O6S. The van der Waals surface area contributed by atoms with Crippen LogP contribution in [0.25, 0.3) is 6.08 Å². The van der Waals surface area contributed by atoms with E-state index >= 15 is 0 Å². The second-order valence-electron chi connectivity index (χ2n) is 8.10. The fraction of sp³-hybridized carbons (Fsp3) is 0.250. The summed E-state index contributed by atoms with van der Waals surface area (Å²) in [6.07, 6.45) is 4.75. The van der Waals surface area contributed by atoms with Crippen LogP contribution in [0.1, 0.15) is 28.7 Å². The summed E-state index contributed by atoms with van der Waals surface area (Å²) in [4.78, 5) is 36.9. The van der Waals surface area contributed by atoms with E-state index in [4.69, 9.17) is 14.2 Å². The summed E-state index contributed by atoms with van der Waals surface area (Å²) in [6, 6.07) is 11.9. The predicted molar refractivity (Wildman–Crippen MR) is 152 cm³/mol. The molecule has 0 saturated carbocycles. The zero-order chi connectivity index (χ0) is 28.9. The van der Waals surface area contributed by atoms with Gasteiger partial charge in [0.05, 0.1) is 38.7 Å². The highest BCUT2D eigenvalue weighted by atomic mass is 32.2. The summed E-state index contributed by atoms with van der Waals surface area (Å²) in [5, 5.41) is 14.4. The summed E-state index contributed by atoms with van der Waals surface area (Å²) in [5.74, 6) is 0.668. The van der Waals surface area contributed by atoms with Gasteiger partial charge in [-0.25, -0.2) is 4.79 Å². The number of nitrogens with zero attached hydrogens (tertiary/aromatic N) is 3. The van der Waals surface area contributed by atoms with Crippen molar-refractivity contribution in [3.63, 3.8) is 0 Å². The van der Waals surface area contributed by atoms with E-state index in [1.165, 1.54) is 17.8 Å². The second kappa shape index (κ2) is 15.1. The smallest absolute Gasteiger partial charge is 0.338 e. The minimum Gasteiger partial charge on any atom is -0.493 e. The number of ether oxygens (including phenoxy) is 3. The first-order valence-electron chi connectivity index (χ1n) is 12.3. The molecule has 1 aromatic heterocycles. The van der Waals surface area contributed by atoms with Gasteiger partial charge in [-0.2, -0.15) is 0 Å². The number of benzene rings is 2. The van der Waals surface area contributed by atoms with Gasteiger partial charge >= 0.3 is 5.97 Å². The molecule has 0 radical (unpaired) electrons. The van der Waals surface area contributed by atoms with E-state index in [0.29, 0.717) is 40.3 Å². The van der Waals surface area contributed by atoms with E-state index < -0.39 is 5.97 Å². The number of thioether (sulfide) groups is 1. The molecule has 0 aliphatic heterocycles. The average molecular weight is 566 g/mol. The number of amides is 2. The molecule has 210 valence electrons. The monoisotopic (exact) mass is 565 g/mol. The van der Waals surface area contributed by atoms with E-state index in [0.717, 1.165) is 5.56 Å². The highest BCUT2D eigenvalue weighted by Crippen LogP contribution is 2.28. The minimum absolute atomic E-state index is 0.0549. The van der Waals surface area contributed by atoms with Crippen LogP contribution in [-0.4, -0.2) is 59.1 Å². The summed E-state index contributed by atoms with van der Waals surface area (Å²) in [7, 11) is 3.10. The average Bonchev–Trinajstić information content (AvgIpc) is 3.35. The van der Waals surface area contributed by atoms with Crippen molar-refractivity contribution < 1.29 is 28.6 Å². The van der Waals surface area contributed by atoms with E-state index in [2.05, 4.69) is 27.4 Å². The molecule has 2 amide bonds. The molecule has 0 fully saturated rings. The van der Waals surface area contributed by atoms with Gasteiger partial charge in [-0.3, -0.25) is 9.59 Å². The Kier molecular flexibility index (Phi) is 11.3. The van der Waals surface area contributed by atoms with Crippen LogP contribution in [0.4, 0.5) is 5.69 Å². The summed E-state index contributed by atoms with van der Waals surface area (Å²) < 4.78 is 17.3. The first-order chi connectivity index (χ1) is 19.4. The first kappa shape index (κ1) is 30.0. The third-order valence-corrected chi connectivity index (χ3v) is 6.32. The molecular weight excluding hydrogens is 534 g/mol. The Morgan fingerprint density at radius 1 is 1.07 bits per heavy atom. The molecule has 0 unspecified atom stereocenters. The number of esters is 1. The van der Waals surface area contributed by atoms with Gasteiger partial charge in [0.1, 0.15) is 0 Å². The number of carbonyl (C=O) groups is 3. The fourth-order valence-electron chi connectivity index (χ4n) is 3.49. The molecule has 1 heterocycles. The van der Waals surface area contributed by atoms with Crippen molar-refractivity contribution in [1.82, 2.24) is 20.1 Å². The van der Waals surface area contributed by atoms with Gasteiger partial charge < -0.3 is 29.4 Å². The Balaban J connectivity index is 1.57. The first-order valence-corrected chi connectivity index (χ1v) is 13.3. The summed E-state index contributed by atoms with van der Waals surface area (Å²) in [6.45, 7) is 6.28. The Bertz CT molecular complexity index is 1390. The molecule has 0 aliphatic carbocycles. The van der Waals surface area contributed by atoms with E-state index in [1.807, 2.05) is 6.07 Å². The lowest BCUT2D eigenvalue weighted by Crippen LogP contribution is -2.23. The molecule has 12 heteroatoms. The van der Waals surface area contributed by atoms with E-state index in [-0.39, 0.29) is 30.7 Å². The molecule has 0 atom stereocenters. The number of allylic oxidation sites excluding steroid dienone is 1. The van der Waals surface area contributed by atoms with Crippen LogP contribution < -0.4 is 20.1 Å². The highest BCUT2D eigenvalue weighted by Gasteiger charge is 2.15. The number of hydrogen-bond acceptors (Lipinski definition) is 9. The zero-order valence-corrected chi connectivity index (χ0v) is 23.3. The number of hydrogen-bond donors (Lipinski definition) is 2. The molecule has 0 bridgehead atoms. The topological polar surface area (TPSA) is 134 Å². The molecule has 2 aromatic carbocycles. The lowest BCUT2D eigenvalue weighted by Gasteiger charge is -2.09. The van der Waals surface area contributed by atoms with Crippen molar-refractivity contribution >= 4 is 41.3 Å². The molecule has 2 N–H and O–H groups in total. The Hall–Kier alpha value is -4.58. The predicted octanol–water partition coefficient (Wildman–Crippen LogP) is 3.72. The maximum absolute atomic E-state index is 12.5. The molecule has 40 heavy (non-hydrogen) atoms. The van der Waals surface area contributed by atoms with Gasteiger partial charge in [-0.05, 0) is 48.9 Å². The normalized spacial score (nSPS) is 10.7. The Labute approximate surface area is 236 Å². The van der Waals surface area contributed by atoms with E-state index in [9.17, 15) is 14.4 Å². The molecule has 3 rings (SSSR count). The SMILES string of the molecule is C=CCn1c(CNC(=O)/C=C/c2ccc(OC)c(OC)c2)nnc1SCC(=O)Nc1cccc(C(=O)OCC)c1. The molecule has 3 aromatic rings. The number of rotatable bonds is 14. The van der Waals surface area contributed by atoms with Gasteiger partial charge in [-0.15, -0.1) is 16.8 Å². The minimum atomic E-state index is -0.457. The van der Waals surface area contributed by atoms with Crippen LogP contribution in [0.2, 0.25) is 0 Å². The van der Waals surface area contributed by atoms with Crippen LogP contribution in [0.3, 0.4) is 0 Å². The molecule has 11 nitrogen and oxygen atoms in total. The van der Waals surface area contributed by atoms with Crippen LogP contribution in [0.15, 0.2) is 66.4 Å². The summed E-state index contributed by atoms with van der Waals surface area (Å²) in [5.41, 5.74) is 1.60. The van der Waals surface area contributed by atoms with Crippen molar-refractivity contribution in [2.75, 3.05) is 31.9 Å². The van der Waals surface area contributed by atoms with Gasteiger partial charge in [0.25, 0.3) is 0 Å². The fourth-order valence-corrected chi connectivity index (χ4v) is 4.25. The van der Waals surface area contributed by atoms with Crippen molar-refractivity contribution in [2.24, 2.45) is 0 Å². The van der Waals surface area contributed by atoms with Crippen LogP contribution in [-0.2, 0) is 27.4 Å². The van der Waals surface area contributed by atoms with Crippen molar-refractivity contribution in [1.29, 1.82) is 0 Å². The molecule has 0 saturated heterocycles.